The van der Waals surface area contributed by atoms with Crippen molar-refractivity contribution in [2.45, 2.75) is 12.5 Å². The summed E-state index contributed by atoms with van der Waals surface area (Å²) < 4.78 is 0.993. The maximum Gasteiger partial charge on any atom is 0.308 e. The van der Waals surface area contributed by atoms with E-state index >= 15 is 0 Å². The normalized spacial score (nSPS) is 21.9. The Morgan fingerprint density at radius 3 is 2.45 bits per heavy atom. The Labute approximate surface area is 138 Å². The van der Waals surface area contributed by atoms with Crippen LogP contribution in [0.25, 0.3) is 0 Å². The first-order chi connectivity index (χ1) is 10.6. The lowest BCUT2D eigenvalue weighted by molar-refractivity contribution is -0.141. The van der Waals surface area contributed by atoms with Crippen LogP contribution in [-0.4, -0.2) is 29.1 Å². The minimum absolute atomic E-state index is 0.0248. The number of rotatable bonds is 4. The number of nitrogens with zero attached hydrogens (tertiary/aromatic N) is 1. The van der Waals surface area contributed by atoms with Gasteiger partial charge in [0.2, 0.25) is 0 Å². The fraction of sp³-hybridized carbons (Fsp3) is 0.278. The number of carboxylic acid groups (broad SMARTS) is 1. The van der Waals surface area contributed by atoms with Crippen molar-refractivity contribution in [1.29, 1.82) is 0 Å². The van der Waals surface area contributed by atoms with E-state index in [2.05, 4.69) is 33.0 Å². The van der Waals surface area contributed by atoms with E-state index in [9.17, 15) is 9.90 Å². The monoisotopic (exact) mass is 359 g/mol. The molecular weight excluding hydrogens is 342 g/mol. The second kappa shape index (κ2) is 6.63. The van der Waals surface area contributed by atoms with Crippen molar-refractivity contribution < 1.29 is 9.90 Å². The van der Waals surface area contributed by atoms with Crippen LogP contribution in [0.2, 0.25) is 0 Å². The molecule has 0 amide bonds. The van der Waals surface area contributed by atoms with Gasteiger partial charge in [-0.1, -0.05) is 64.5 Å². The van der Waals surface area contributed by atoms with Gasteiger partial charge in [0.1, 0.15) is 0 Å². The molecule has 2 aromatic carbocycles. The van der Waals surface area contributed by atoms with E-state index in [0.29, 0.717) is 6.54 Å². The highest BCUT2D eigenvalue weighted by Gasteiger charge is 2.39. The number of aliphatic carboxylic acids is 1. The summed E-state index contributed by atoms with van der Waals surface area (Å²) >= 11 is 3.56. The molecule has 1 aliphatic heterocycles. The molecule has 0 spiro atoms. The zero-order chi connectivity index (χ0) is 15.5. The number of halogens is 1. The number of hydrogen-bond acceptors (Lipinski definition) is 2. The first-order valence-electron chi connectivity index (χ1n) is 7.38. The summed E-state index contributed by atoms with van der Waals surface area (Å²) in [6.07, 6.45) is 0. The van der Waals surface area contributed by atoms with Crippen LogP contribution in [-0.2, 0) is 11.3 Å². The lowest BCUT2D eigenvalue weighted by atomic mass is 9.89. The van der Waals surface area contributed by atoms with E-state index < -0.39 is 5.97 Å². The highest BCUT2D eigenvalue weighted by molar-refractivity contribution is 9.10. The van der Waals surface area contributed by atoms with E-state index in [0.717, 1.165) is 23.1 Å². The van der Waals surface area contributed by atoms with E-state index in [1.807, 2.05) is 42.5 Å². The van der Waals surface area contributed by atoms with Crippen LogP contribution in [0.1, 0.15) is 17.0 Å². The fourth-order valence-corrected chi connectivity index (χ4v) is 3.78. The SMILES string of the molecule is O=C(O)[C@H]1CN(Cc2ccccc2)C[C@@H]1c1ccccc1Br. The van der Waals surface area contributed by atoms with Gasteiger partial charge >= 0.3 is 5.97 Å². The summed E-state index contributed by atoms with van der Waals surface area (Å²) in [7, 11) is 0. The predicted octanol–water partition coefficient (Wildman–Crippen LogP) is 3.75. The number of benzene rings is 2. The van der Waals surface area contributed by atoms with Gasteiger partial charge in [0.25, 0.3) is 0 Å². The molecule has 2 atom stereocenters. The van der Waals surface area contributed by atoms with Gasteiger partial charge in [-0.2, -0.15) is 0 Å². The lowest BCUT2D eigenvalue weighted by Gasteiger charge is -2.17. The Morgan fingerprint density at radius 1 is 1.09 bits per heavy atom. The van der Waals surface area contributed by atoms with E-state index in [1.165, 1.54) is 5.56 Å². The minimum atomic E-state index is -0.712. The quantitative estimate of drug-likeness (QED) is 0.903. The van der Waals surface area contributed by atoms with Gasteiger partial charge in [-0.25, -0.2) is 0 Å². The Morgan fingerprint density at radius 2 is 1.77 bits per heavy atom. The lowest BCUT2D eigenvalue weighted by Crippen LogP contribution is -2.23. The second-order valence-electron chi connectivity index (χ2n) is 5.75. The van der Waals surface area contributed by atoms with Crippen molar-refractivity contribution in [1.82, 2.24) is 4.90 Å². The third-order valence-electron chi connectivity index (χ3n) is 4.27. The molecule has 0 bridgehead atoms. The first kappa shape index (κ1) is 15.3. The predicted molar refractivity (Wildman–Crippen MR) is 89.7 cm³/mol. The average Bonchev–Trinajstić information content (AvgIpc) is 2.92. The Hall–Kier alpha value is -1.65. The average molecular weight is 360 g/mol. The van der Waals surface area contributed by atoms with Crippen LogP contribution in [0.4, 0.5) is 0 Å². The Kier molecular flexibility index (Phi) is 4.60. The van der Waals surface area contributed by atoms with Gasteiger partial charge in [-0.3, -0.25) is 9.69 Å². The molecule has 0 unspecified atom stereocenters. The maximum absolute atomic E-state index is 11.7. The van der Waals surface area contributed by atoms with Gasteiger partial charge in [0.15, 0.2) is 0 Å². The molecule has 22 heavy (non-hydrogen) atoms. The maximum atomic E-state index is 11.7. The van der Waals surface area contributed by atoms with Crippen LogP contribution >= 0.6 is 15.9 Å². The molecule has 0 aliphatic carbocycles. The van der Waals surface area contributed by atoms with Crippen LogP contribution in [0.3, 0.4) is 0 Å². The van der Waals surface area contributed by atoms with E-state index in [4.69, 9.17) is 0 Å². The van der Waals surface area contributed by atoms with Crippen LogP contribution in [0, 0.1) is 5.92 Å². The van der Waals surface area contributed by atoms with Gasteiger partial charge < -0.3 is 5.11 Å². The highest BCUT2D eigenvalue weighted by atomic mass is 79.9. The Balaban J connectivity index is 1.81. The number of carbonyl (C=O) groups is 1. The fourth-order valence-electron chi connectivity index (χ4n) is 3.20. The molecule has 1 fully saturated rings. The van der Waals surface area contributed by atoms with Crippen molar-refractivity contribution in [3.8, 4) is 0 Å². The molecule has 2 aromatic rings. The van der Waals surface area contributed by atoms with E-state index in [-0.39, 0.29) is 11.8 Å². The number of likely N-dealkylation sites (tertiary alicyclic amines) is 1. The van der Waals surface area contributed by atoms with Crippen LogP contribution in [0.5, 0.6) is 0 Å². The molecule has 1 saturated heterocycles. The summed E-state index contributed by atoms with van der Waals surface area (Å²) in [6, 6.07) is 18.1. The molecule has 0 aromatic heterocycles. The van der Waals surface area contributed by atoms with Gasteiger partial charge in [0.05, 0.1) is 5.92 Å². The van der Waals surface area contributed by atoms with Gasteiger partial charge in [0, 0.05) is 30.0 Å². The number of hydrogen-bond donors (Lipinski definition) is 1. The van der Waals surface area contributed by atoms with Crippen molar-refractivity contribution >= 4 is 21.9 Å². The summed E-state index contributed by atoms with van der Waals surface area (Å²) in [5, 5.41) is 9.58. The van der Waals surface area contributed by atoms with Crippen molar-refractivity contribution in [3.05, 3.63) is 70.2 Å². The first-order valence-corrected chi connectivity index (χ1v) is 8.18. The zero-order valence-electron chi connectivity index (χ0n) is 12.2. The third kappa shape index (κ3) is 3.23. The largest absolute Gasteiger partial charge is 0.481 e. The summed E-state index contributed by atoms with van der Waals surface area (Å²) in [5.41, 5.74) is 2.31. The molecule has 0 radical (unpaired) electrons. The molecule has 1 N–H and O–H groups in total. The van der Waals surface area contributed by atoms with Crippen molar-refractivity contribution in [2.24, 2.45) is 5.92 Å². The summed E-state index contributed by atoms with van der Waals surface area (Å²) in [6.45, 7) is 2.16. The van der Waals surface area contributed by atoms with E-state index in [1.54, 1.807) is 0 Å². The molecule has 0 saturated carbocycles. The standard InChI is InChI=1S/C18H18BrNO2/c19-17-9-5-4-8-14(17)15-11-20(12-16(15)18(21)22)10-13-6-2-1-3-7-13/h1-9,15-16H,10-12H2,(H,21,22)/t15-,16+/m1/s1. The van der Waals surface area contributed by atoms with Crippen molar-refractivity contribution in [2.75, 3.05) is 13.1 Å². The molecule has 114 valence electrons. The van der Waals surface area contributed by atoms with Gasteiger partial charge in [-0.15, -0.1) is 0 Å². The molecule has 3 nitrogen and oxygen atoms in total. The molecule has 1 aliphatic rings. The third-order valence-corrected chi connectivity index (χ3v) is 4.99. The van der Waals surface area contributed by atoms with Crippen LogP contribution in [0.15, 0.2) is 59.1 Å². The highest BCUT2D eigenvalue weighted by Crippen LogP contribution is 2.37. The minimum Gasteiger partial charge on any atom is -0.481 e. The topological polar surface area (TPSA) is 40.5 Å². The molecular formula is C18H18BrNO2. The zero-order valence-corrected chi connectivity index (χ0v) is 13.7. The summed E-state index contributed by atoms with van der Waals surface area (Å²) in [4.78, 5) is 13.9. The Bertz CT molecular complexity index is 659. The van der Waals surface area contributed by atoms with Gasteiger partial charge in [-0.05, 0) is 17.2 Å². The molecule has 3 rings (SSSR count). The molecule has 4 heteroatoms. The molecule has 1 heterocycles. The smallest absolute Gasteiger partial charge is 0.308 e. The van der Waals surface area contributed by atoms with Crippen molar-refractivity contribution in [3.63, 3.8) is 0 Å². The van der Waals surface area contributed by atoms with Crippen LogP contribution < -0.4 is 0 Å². The number of carboxylic acids is 1. The summed E-state index contributed by atoms with van der Waals surface area (Å²) in [5.74, 6) is -1.05. The second-order valence-corrected chi connectivity index (χ2v) is 6.61.